The molecular weight excluding hydrogens is 340 g/mol. The van der Waals surface area contributed by atoms with Gasteiger partial charge in [0.05, 0.1) is 4.90 Å². The molecule has 1 atom stereocenters. The lowest BCUT2D eigenvalue weighted by Crippen LogP contribution is -2.32. The van der Waals surface area contributed by atoms with Gasteiger partial charge in [-0.1, -0.05) is 23.7 Å². The zero-order chi connectivity index (χ0) is 17.0. The Kier molecular flexibility index (Phi) is 5.25. The van der Waals surface area contributed by atoms with Crippen molar-refractivity contribution in [3.63, 3.8) is 0 Å². The minimum Gasteiger partial charge on any atom is -0.480 e. The highest BCUT2D eigenvalue weighted by Crippen LogP contribution is 2.19. The van der Waals surface area contributed by atoms with E-state index in [-0.39, 0.29) is 11.3 Å². The number of nitrogens with one attached hydrogen (secondary N) is 1. The van der Waals surface area contributed by atoms with E-state index in [0.29, 0.717) is 16.3 Å². The van der Waals surface area contributed by atoms with E-state index in [2.05, 4.69) is 4.72 Å². The van der Waals surface area contributed by atoms with Gasteiger partial charge in [-0.3, -0.25) is 9.52 Å². The standard InChI is InChI=1S/C15H15ClN2O4S/c16-11-3-7-13(8-4-11)23(21,22)18-12-5-1-10(2-6-12)9-14(17)15(19)20/h1-8,14,18H,9,17H2,(H,19,20). The first-order valence-corrected chi connectivity index (χ1v) is 8.50. The largest absolute Gasteiger partial charge is 0.480 e. The molecule has 8 heteroatoms. The van der Waals surface area contributed by atoms with Crippen LogP contribution in [0.2, 0.25) is 5.02 Å². The Balaban J connectivity index is 2.11. The fraction of sp³-hybridized carbons (Fsp3) is 0.133. The summed E-state index contributed by atoms with van der Waals surface area (Å²) in [5.41, 5.74) is 6.53. The number of hydrogen-bond acceptors (Lipinski definition) is 4. The third-order valence-electron chi connectivity index (χ3n) is 3.10. The van der Waals surface area contributed by atoms with Gasteiger partial charge >= 0.3 is 5.97 Å². The molecule has 0 bridgehead atoms. The number of sulfonamides is 1. The lowest BCUT2D eigenvalue weighted by atomic mass is 10.1. The summed E-state index contributed by atoms with van der Waals surface area (Å²) in [7, 11) is -3.71. The molecule has 6 nitrogen and oxygen atoms in total. The van der Waals surface area contributed by atoms with Crippen LogP contribution in [0.5, 0.6) is 0 Å². The van der Waals surface area contributed by atoms with Crippen molar-refractivity contribution in [2.24, 2.45) is 5.73 Å². The summed E-state index contributed by atoms with van der Waals surface area (Å²) < 4.78 is 26.9. The molecule has 0 aliphatic carbocycles. The van der Waals surface area contributed by atoms with Crippen LogP contribution in [0.4, 0.5) is 5.69 Å². The summed E-state index contributed by atoms with van der Waals surface area (Å²) in [4.78, 5) is 10.8. The fourth-order valence-corrected chi connectivity index (χ4v) is 3.06. The van der Waals surface area contributed by atoms with Crippen LogP contribution in [-0.4, -0.2) is 25.5 Å². The molecule has 4 N–H and O–H groups in total. The third-order valence-corrected chi connectivity index (χ3v) is 4.75. The number of halogens is 1. The van der Waals surface area contributed by atoms with Crippen molar-refractivity contribution in [1.82, 2.24) is 0 Å². The molecule has 122 valence electrons. The van der Waals surface area contributed by atoms with Crippen LogP contribution in [0.3, 0.4) is 0 Å². The molecule has 0 aromatic heterocycles. The van der Waals surface area contributed by atoms with Crippen molar-refractivity contribution in [2.75, 3.05) is 4.72 Å². The van der Waals surface area contributed by atoms with Crippen LogP contribution in [0.15, 0.2) is 53.4 Å². The van der Waals surface area contributed by atoms with Crippen molar-refractivity contribution >= 4 is 33.3 Å². The normalized spacial score (nSPS) is 12.6. The van der Waals surface area contributed by atoms with Gasteiger partial charge in [0.15, 0.2) is 0 Å². The fourth-order valence-electron chi connectivity index (χ4n) is 1.88. The maximum Gasteiger partial charge on any atom is 0.320 e. The molecule has 0 fully saturated rings. The number of benzene rings is 2. The summed E-state index contributed by atoms with van der Waals surface area (Å²) in [5, 5.41) is 9.22. The Bertz CT molecular complexity index is 789. The molecule has 23 heavy (non-hydrogen) atoms. The molecular formula is C15H15ClN2O4S. The summed E-state index contributed by atoms with van der Waals surface area (Å²) in [6.07, 6.45) is 0.166. The van der Waals surface area contributed by atoms with Gasteiger partial charge in [-0.2, -0.15) is 0 Å². The Morgan fingerprint density at radius 3 is 2.22 bits per heavy atom. The second-order valence-corrected chi connectivity index (χ2v) is 7.02. The Morgan fingerprint density at radius 2 is 1.70 bits per heavy atom. The highest BCUT2D eigenvalue weighted by molar-refractivity contribution is 7.92. The van der Waals surface area contributed by atoms with Gasteiger partial charge in [-0.15, -0.1) is 0 Å². The number of carboxylic acid groups (broad SMARTS) is 1. The van der Waals surface area contributed by atoms with Crippen LogP contribution in [0.1, 0.15) is 5.56 Å². The molecule has 2 aromatic rings. The average Bonchev–Trinajstić information content (AvgIpc) is 2.49. The molecule has 0 aliphatic heterocycles. The topological polar surface area (TPSA) is 109 Å². The van der Waals surface area contributed by atoms with Crippen molar-refractivity contribution in [3.8, 4) is 0 Å². The van der Waals surface area contributed by atoms with Gasteiger partial charge in [0.25, 0.3) is 10.0 Å². The number of carboxylic acids is 1. The van der Waals surface area contributed by atoms with E-state index in [4.69, 9.17) is 22.4 Å². The minimum absolute atomic E-state index is 0.0962. The van der Waals surface area contributed by atoms with E-state index in [1.54, 1.807) is 24.3 Å². The molecule has 0 heterocycles. The first-order valence-electron chi connectivity index (χ1n) is 6.63. The van der Waals surface area contributed by atoms with Crippen LogP contribution >= 0.6 is 11.6 Å². The van der Waals surface area contributed by atoms with Crippen LogP contribution in [-0.2, 0) is 21.2 Å². The molecule has 0 amide bonds. The summed E-state index contributed by atoms with van der Waals surface area (Å²) in [5.74, 6) is -1.09. The summed E-state index contributed by atoms with van der Waals surface area (Å²) in [6.45, 7) is 0. The van der Waals surface area contributed by atoms with E-state index in [9.17, 15) is 13.2 Å². The molecule has 0 radical (unpaired) electrons. The van der Waals surface area contributed by atoms with E-state index in [1.165, 1.54) is 24.3 Å². The molecule has 2 aromatic carbocycles. The highest BCUT2D eigenvalue weighted by Gasteiger charge is 2.15. The van der Waals surface area contributed by atoms with Gasteiger partial charge < -0.3 is 10.8 Å². The van der Waals surface area contributed by atoms with E-state index >= 15 is 0 Å². The smallest absolute Gasteiger partial charge is 0.320 e. The maximum atomic E-state index is 12.2. The van der Waals surface area contributed by atoms with Crippen molar-refractivity contribution in [2.45, 2.75) is 17.4 Å². The maximum absolute atomic E-state index is 12.2. The lowest BCUT2D eigenvalue weighted by Gasteiger charge is -2.10. The molecule has 0 saturated heterocycles. The number of carbonyl (C=O) groups is 1. The van der Waals surface area contributed by atoms with Crippen LogP contribution in [0.25, 0.3) is 0 Å². The quantitative estimate of drug-likeness (QED) is 0.735. The van der Waals surface area contributed by atoms with Crippen molar-refractivity contribution in [3.05, 3.63) is 59.1 Å². The average molecular weight is 355 g/mol. The third kappa shape index (κ3) is 4.69. The molecule has 0 spiro atoms. The number of hydrogen-bond donors (Lipinski definition) is 3. The Labute approximate surface area is 138 Å². The highest BCUT2D eigenvalue weighted by atomic mass is 35.5. The lowest BCUT2D eigenvalue weighted by molar-refractivity contribution is -0.138. The summed E-state index contributed by atoms with van der Waals surface area (Å²) in [6, 6.07) is 11.2. The molecule has 0 saturated carbocycles. The number of anilines is 1. The number of nitrogens with two attached hydrogens (primary N) is 1. The number of aliphatic carboxylic acids is 1. The molecule has 0 aliphatic rings. The monoisotopic (exact) mass is 354 g/mol. The van der Waals surface area contributed by atoms with Gasteiger partial charge in [0, 0.05) is 10.7 Å². The second kappa shape index (κ2) is 6.99. The van der Waals surface area contributed by atoms with Gasteiger partial charge in [0.1, 0.15) is 6.04 Å². The van der Waals surface area contributed by atoms with Crippen LogP contribution < -0.4 is 10.5 Å². The molecule has 2 rings (SSSR count). The SMILES string of the molecule is NC(Cc1ccc(NS(=O)(=O)c2ccc(Cl)cc2)cc1)C(=O)O. The Hall–Kier alpha value is -2.09. The zero-order valence-electron chi connectivity index (χ0n) is 11.9. The zero-order valence-corrected chi connectivity index (χ0v) is 13.5. The van der Waals surface area contributed by atoms with Gasteiger partial charge in [-0.05, 0) is 48.4 Å². The summed E-state index contributed by atoms with van der Waals surface area (Å²) >= 11 is 5.74. The van der Waals surface area contributed by atoms with Gasteiger partial charge in [-0.25, -0.2) is 8.42 Å². The number of rotatable bonds is 6. The minimum atomic E-state index is -3.71. The predicted molar refractivity (Wildman–Crippen MR) is 88.0 cm³/mol. The van der Waals surface area contributed by atoms with Crippen LogP contribution in [0, 0.1) is 0 Å². The van der Waals surface area contributed by atoms with Crippen molar-refractivity contribution < 1.29 is 18.3 Å². The van der Waals surface area contributed by atoms with E-state index < -0.39 is 22.0 Å². The first-order chi connectivity index (χ1) is 10.8. The Morgan fingerprint density at radius 1 is 1.13 bits per heavy atom. The van der Waals surface area contributed by atoms with Crippen molar-refractivity contribution in [1.29, 1.82) is 0 Å². The second-order valence-electron chi connectivity index (χ2n) is 4.91. The molecule has 1 unspecified atom stereocenters. The predicted octanol–water partition coefficient (Wildman–Crippen LogP) is 2.10. The van der Waals surface area contributed by atoms with Gasteiger partial charge in [0.2, 0.25) is 0 Å². The van der Waals surface area contributed by atoms with E-state index in [0.717, 1.165) is 0 Å². The van der Waals surface area contributed by atoms with E-state index in [1.807, 2.05) is 0 Å². The first kappa shape index (κ1) is 17.3.